The smallest absolute Gasteiger partial charge is 0.0379 e. The maximum atomic E-state index is 3.49. The third-order valence-electron chi connectivity index (χ3n) is 3.36. The zero-order valence-electron chi connectivity index (χ0n) is 8.45. The molecular formula is C11H16Cl2N2. The Morgan fingerprint density at radius 1 is 1.07 bits per heavy atom. The quantitative estimate of drug-likeness (QED) is 0.734. The van der Waals surface area contributed by atoms with Gasteiger partial charge in [-0.15, -0.1) is 24.8 Å². The van der Waals surface area contributed by atoms with E-state index in [1.54, 1.807) is 0 Å². The first-order valence-corrected chi connectivity index (χ1v) is 4.95. The number of benzene rings is 1. The fourth-order valence-electron chi connectivity index (χ4n) is 2.58. The van der Waals surface area contributed by atoms with Gasteiger partial charge in [0.15, 0.2) is 0 Å². The van der Waals surface area contributed by atoms with Crippen molar-refractivity contribution in [2.24, 2.45) is 0 Å². The average Bonchev–Trinajstić information content (AvgIpc) is 2.78. The van der Waals surface area contributed by atoms with Gasteiger partial charge < -0.3 is 10.6 Å². The molecule has 0 saturated carbocycles. The van der Waals surface area contributed by atoms with Crippen molar-refractivity contribution in [1.82, 2.24) is 5.32 Å². The second kappa shape index (κ2) is 4.60. The molecule has 84 valence electrons. The third-order valence-corrected chi connectivity index (χ3v) is 3.36. The molecule has 4 heteroatoms. The van der Waals surface area contributed by atoms with Crippen molar-refractivity contribution < 1.29 is 0 Å². The van der Waals surface area contributed by atoms with Crippen molar-refractivity contribution in [2.45, 2.75) is 11.8 Å². The Hall–Kier alpha value is -0.440. The van der Waals surface area contributed by atoms with Crippen LogP contribution < -0.4 is 10.6 Å². The molecule has 1 spiro atoms. The summed E-state index contributed by atoms with van der Waals surface area (Å²) in [5.41, 5.74) is 3.25. The van der Waals surface area contributed by atoms with Crippen LogP contribution in [0.15, 0.2) is 24.3 Å². The summed E-state index contributed by atoms with van der Waals surface area (Å²) >= 11 is 0. The molecule has 2 aliphatic rings. The zero-order chi connectivity index (χ0) is 8.73. The lowest BCUT2D eigenvalue weighted by molar-refractivity contribution is 0.522. The first kappa shape index (κ1) is 12.6. The van der Waals surface area contributed by atoms with Gasteiger partial charge in [0.05, 0.1) is 0 Å². The standard InChI is InChI=1S/C11H14N2.2ClH/c1-2-4-10-9(3-1)11(8-13-10)5-6-12-7-11;;/h1-4,12-13H,5-8H2;2*1H. The van der Waals surface area contributed by atoms with Gasteiger partial charge in [-0.25, -0.2) is 0 Å². The molecule has 1 aromatic rings. The number of anilines is 1. The van der Waals surface area contributed by atoms with Crippen molar-refractivity contribution >= 4 is 30.5 Å². The molecule has 3 rings (SSSR count). The minimum absolute atomic E-state index is 0. The Balaban J connectivity index is 0.000000562. The van der Waals surface area contributed by atoms with E-state index in [1.165, 1.54) is 17.7 Å². The van der Waals surface area contributed by atoms with Gasteiger partial charge in [-0.2, -0.15) is 0 Å². The Morgan fingerprint density at radius 2 is 1.87 bits per heavy atom. The van der Waals surface area contributed by atoms with Gasteiger partial charge in [-0.3, -0.25) is 0 Å². The number of hydrogen-bond acceptors (Lipinski definition) is 2. The minimum atomic E-state index is 0. The summed E-state index contributed by atoms with van der Waals surface area (Å²) in [7, 11) is 0. The van der Waals surface area contributed by atoms with Crippen molar-refractivity contribution in [3.63, 3.8) is 0 Å². The summed E-state index contributed by atoms with van der Waals surface area (Å²) in [4.78, 5) is 0. The molecule has 2 nitrogen and oxygen atoms in total. The van der Waals surface area contributed by atoms with E-state index in [0.29, 0.717) is 5.41 Å². The Bertz CT molecular complexity index is 335. The molecule has 1 fully saturated rings. The van der Waals surface area contributed by atoms with E-state index in [0.717, 1.165) is 19.6 Å². The molecule has 1 aromatic carbocycles. The summed E-state index contributed by atoms with van der Waals surface area (Å²) in [5, 5.41) is 6.95. The molecule has 2 heterocycles. The molecule has 2 N–H and O–H groups in total. The van der Waals surface area contributed by atoms with Crippen molar-refractivity contribution in [3.05, 3.63) is 29.8 Å². The SMILES string of the molecule is Cl.Cl.c1ccc2c(c1)NCC21CCNC1. The lowest BCUT2D eigenvalue weighted by atomic mass is 9.82. The molecule has 1 atom stereocenters. The van der Waals surface area contributed by atoms with E-state index in [2.05, 4.69) is 34.9 Å². The van der Waals surface area contributed by atoms with Gasteiger partial charge in [-0.1, -0.05) is 18.2 Å². The van der Waals surface area contributed by atoms with Crippen LogP contribution in [0.5, 0.6) is 0 Å². The number of para-hydroxylation sites is 1. The highest BCUT2D eigenvalue weighted by Gasteiger charge is 2.40. The normalized spacial score (nSPS) is 26.4. The first-order chi connectivity index (χ1) is 6.41. The third kappa shape index (κ3) is 1.82. The van der Waals surface area contributed by atoms with Crippen molar-refractivity contribution in [3.8, 4) is 0 Å². The maximum absolute atomic E-state index is 3.49. The van der Waals surface area contributed by atoms with E-state index >= 15 is 0 Å². The molecule has 0 aliphatic carbocycles. The number of hydrogen-bond donors (Lipinski definition) is 2. The van der Waals surface area contributed by atoms with Gasteiger partial charge in [-0.05, 0) is 24.6 Å². The molecule has 2 aliphatic heterocycles. The fourth-order valence-corrected chi connectivity index (χ4v) is 2.58. The van der Waals surface area contributed by atoms with E-state index in [9.17, 15) is 0 Å². The summed E-state index contributed by atoms with van der Waals surface area (Å²) in [5.74, 6) is 0. The van der Waals surface area contributed by atoms with Gasteiger partial charge in [0, 0.05) is 24.2 Å². The summed E-state index contributed by atoms with van der Waals surface area (Å²) in [6.07, 6.45) is 1.27. The highest BCUT2D eigenvalue weighted by molar-refractivity contribution is 5.85. The van der Waals surface area contributed by atoms with Gasteiger partial charge >= 0.3 is 0 Å². The van der Waals surface area contributed by atoms with Crippen molar-refractivity contribution in [2.75, 3.05) is 25.0 Å². The minimum Gasteiger partial charge on any atom is -0.384 e. The average molecular weight is 247 g/mol. The highest BCUT2D eigenvalue weighted by Crippen LogP contribution is 2.40. The molecule has 0 bridgehead atoms. The second-order valence-electron chi connectivity index (χ2n) is 4.11. The number of nitrogens with one attached hydrogen (secondary N) is 2. The Morgan fingerprint density at radius 3 is 2.60 bits per heavy atom. The lowest BCUT2D eigenvalue weighted by Crippen LogP contribution is -2.30. The van der Waals surface area contributed by atoms with Gasteiger partial charge in [0.2, 0.25) is 0 Å². The molecule has 0 radical (unpaired) electrons. The predicted molar refractivity (Wildman–Crippen MR) is 68.6 cm³/mol. The Labute approximate surface area is 103 Å². The molecule has 15 heavy (non-hydrogen) atoms. The van der Waals surface area contributed by atoms with Crippen LogP contribution in [-0.4, -0.2) is 19.6 Å². The topological polar surface area (TPSA) is 24.1 Å². The number of fused-ring (bicyclic) bond motifs is 2. The first-order valence-electron chi connectivity index (χ1n) is 4.95. The maximum Gasteiger partial charge on any atom is 0.0379 e. The van der Waals surface area contributed by atoms with Crippen LogP contribution in [-0.2, 0) is 5.41 Å². The van der Waals surface area contributed by atoms with Crippen LogP contribution in [0, 0.1) is 0 Å². The zero-order valence-corrected chi connectivity index (χ0v) is 10.1. The molecule has 1 saturated heterocycles. The Kier molecular flexibility index (Phi) is 3.87. The summed E-state index contributed by atoms with van der Waals surface area (Å²) in [6.45, 7) is 3.41. The summed E-state index contributed by atoms with van der Waals surface area (Å²) < 4.78 is 0. The lowest BCUT2D eigenvalue weighted by Gasteiger charge is -2.21. The van der Waals surface area contributed by atoms with Crippen molar-refractivity contribution in [1.29, 1.82) is 0 Å². The van der Waals surface area contributed by atoms with Crippen LogP contribution in [0.1, 0.15) is 12.0 Å². The monoisotopic (exact) mass is 246 g/mol. The fraction of sp³-hybridized carbons (Fsp3) is 0.455. The number of rotatable bonds is 0. The molecule has 1 unspecified atom stereocenters. The van der Waals surface area contributed by atoms with E-state index in [-0.39, 0.29) is 24.8 Å². The van der Waals surface area contributed by atoms with E-state index in [4.69, 9.17) is 0 Å². The van der Waals surface area contributed by atoms with E-state index < -0.39 is 0 Å². The predicted octanol–water partition coefficient (Wildman–Crippen LogP) is 2.19. The van der Waals surface area contributed by atoms with Gasteiger partial charge in [0.1, 0.15) is 0 Å². The van der Waals surface area contributed by atoms with Crippen LogP contribution in [0.2, 0.25) is 0 Å². The van der Waals surface area contributed by atoms with Crippen LogP contribution in [0.4, 0.5) is 5.69 Å². The van der Waals surface area contributed by atoms with Crippen LogP contribution in [0.25, 0.3) is 0 Å². The molecule has 0 amide bonds. The van der Waals surface area contributed by atoms with Gasteiger partial charge in [0.25, 0.3) is 0 Å². The van der Waals surface area contributed by atoms with E-state index in [1.807, 2.05) is 0 Å². The molecule has 0 aromatic heterocycles. The highest BCUT2D eigenvalue weighted by atomic mass is 35.5. The van der Waals surface area contributed by atoms with Crippen LogP contribution in [0.3, 0.4) is 0 Å². The van der Waals surface area contributed by atoms with Crippen LogP contribution >= 0.6 is 24.8 Å². The summed E-state index contributed by atoms with van der Waals surface area (Å²) in [6, 6.07) is 8.70. The number of halogens is 2. The second-order valence-corrected chi connectivity index (χ2v) is 4.11. The largest absolute Gasteiger partial charge is 0.384 e. The molecular weight excluding hydrogens is 231 g/mol.